The van der Waals surface area contributed by atoms with Gasteiger partial charge in [0.25, 0.3) is 0 Å². The Labute approximate surface area is 75.1 Å². The van der Waals surface area contributed by atoms with Crippen LogP contribution in [0, 0.1) is 0 Å². The third-order valence-electron chi connectivity index (χ3n) is 1.66. The van der Waals surface area contributed by atoms with Crippen LogP contribution in [0.1, 0.15) is 5.82 Å². The Bertz CT molecular complexity index is 364. The Morgan fingerprint density at radius 1 is 1.23 bits per heavy atom. The molecule has 0 fully saturated rings. The lowest BCUT2D eigenvalue weighted by atomic mass is 10.3. The minimum Gasteiger partial charge on any atom is -0.345 e. The van der Waals surface area contributed by atoms with E-state index in [4.69, 9.17) is 5.73 Å². The van der Waals surface area contributed by atoms with Gasteiger partial charge in [-0.05, 0) is 0 Å². The van der Waals surface area contributed by atoms with Crippen LogP contribution in [-0.2, 0) is 6.54 Å². The molecule has 0 unspecified atom stereocenters. The quantitative estimate of drug-likeness (QED) is 0.689. The minimum atomic E-state index is 0.360. The Morgan fingerprint density at radius 3 is 2.54 bits per heavy atom. The van der Waals surface area contributed by atoms with Crippen molar-refractivity contribution in [3.05, 3.63) is 30.6 Å². The molecule has 3 N–H and O–H groups in total. The zero-order valence-electron chi connectivity index (χ0n) is 6.94. The van der Waals surface area contributed by atoms with Crippen LogP contribution >= 0.6 is 0 Å². The molecule has 0 aliphatic carbocycles. The first kappa shape index (κ1) is 7.88. The largest absolute Gasteiger partial charge is 0.345 e. The van der Waals surface area contributed by atoms with Crippen molar-refractivity contribution in [3.8, 4) is 11.4 Å². The van der Waals surface area contributed by atoms with Gasteiger partial charge in [0.2, 0.25) is 0 Å². The van der Waals surface area contributed by atoms with E-state index in [1.165, 1.54) is 0 Å². The number of nitrogens with zero attached hydrogens (tertiary/aromatic N) is 3. The molecule has 13 heavy (non-hydrogen) atoms. The average molecular weight is 175 g/mol. The molecule has 5 heteroatoms. The Balaban J connectivity index is 2.33. The van der Waals surface area contributed by atoms with Crippen molar-refractivity contribution in [2.45, 2.75) is 6.54 Å². The fourth-order valence-electron chi connectivity index (χ4n) is 1.01. The maximum Gasteiger partial charge on any atom is 0.141 e. The van der Waals surface area contributed by atoms with Gasteiger partial charge in [-0.3, -0.25) is 0 Å². The van der Waals surface area contributed by atoms with Crippen LogP contribution in [0.5, 0.6) is 0 Å². The van der Waals surface area contributed by atoms with Crippen molar-refractivity contribution in [2.75, 3.05) is 0 Å². The second kappa shape index (κ2) is 3.32. The number of hydrogen-bond donors (Lipinski definition) is 2. The van der Waals surface area contributed by atoms with Gasteiger partial charge in [0.05, 0.1) is 12.1 Å². The van der Waals surface area contributed by atoms with Gasteiger partial charge in [-0.2, -0.15) is 0 Å². The van der Waals surface area contributed by atoms with Crippen LogP contribution in [0.2, 0.25) is 0 Å². The first-order valence-electron chi connectivity index (χ1n) is 3.91. The maximum absolute atomic E-state index is 5.37. The number of hydrogen-bond acceptors (Lipinski definition) is 4. The third kappa shape index (κ3) is 1.54. The third-order valence-corrected chi connectivity index (χ3v) is 1.66. The molecule has 0 spiro atoms. The van der Waals surface area contributed by atoms with Gasteiger partial charge in [-0.15, -0.1) is 0 Å². The summed E-state index contributed by atoms with van der Waals surface area (Å²) in [7, 11) is 0. The van der Waals surface area contributed by atoms with Crippen molar-refractivity contribution in [3.63, 3.8) is 0 Å². The molecule has 0 bridgehead atoms. The number of nitrogens with two attached hydrogens (primary N) is 1. The van der Waals surface area contributed by atoms with Gasteiger partial charge in [-0.1, -0.05) is 0 Å². The fraction of sp³-hybridized carbons (Fsp3) is 0.125. The smallest absolute Gasteiger partial charge is 0.141 e. The van der Waals surface area contributed by atoms with Crippen molar-refractivity contribution < 1.29 is 0 Å². The van der Waals surface area contributed by atoms with E-state index in [9.17, 15) is 0 Å². The van der Waals surface area contributed by atoms with Gasteiger partial charge < -0.3 is 10.7 Å². The zero-order chi connectivity index (χ0) is 9.10. The highest BCUT2D eigenvalue weighted by Gasteiger charge is 2.00. The van der Waals surface area contributed by atoms with E-state index < -0.39 is 0 Å². The summed E-state index contributed by atoms with van der Waals surface area (Å²) in [4.78, 5) is 15.2. The zero-order valence-corrected chi connectivity index (χ0v) is 6.94. The monoisotopic (exact) mass is 175 g/mol. The van der Waals surface area contributed by atoms with Crippen molar-refractivity contribution >= 4 is 0 Å². The molecular weight excluding hydrogens is 166 g/mol. The predicted molar refractivity (Wildman–Crippen MR) is 47.5 cm³/mol. The summed E-state index contributed by atoms with van der Waals surface area (Å²) in [6.07, 6.45) is 6.85. The minimum absolute atomic E-state index is 0.360. The average Bonchev–Trinajstić information content (AvgIpc) is 2.71. The molecule has 0 radical (unpaired) electrons. The highest BCUT2D eigenvalue weighted by Crippen LogP contribution is 2.10. The number of rotatable bonds is 2. The van der Waals surface area contributed by atoms with Crippen LogP contribution in [0.25, 0.3) is 11.4 Å². The number of nitrogens with one attached hydrogen (secondary N) is 1. The molecule has 0 saturated heterocycles. The molecular formula is C8H9N5. The molecule has 0 aliphatic heterocycles. The lowest BCUT2D eigenvalue weighted by Gasteiger charge is -1.96. The highest BCUT2D eigenvalue weighted by atomic mass is 14.9. The Kier molecular flexibility index (Phi) is 2.01. The molecule has 0 saturated carbocycles. The molecule has 2 aromatic rings. The lowest BCUT2D eigenvalue weighted by molar-refractivity contribution is 0.908. The van der Waals surface area contributed by atoms with E-state index in [0.717, 1.165) is 11.4 Å². The Hall–Kier alpha value is -1.75. The molecule has 2 aromatic heterocycles. The fourth-order valence-corrected chi connectivity index (χ4v) is 1.01. The van der Waals surface area contributed by atoms with E-state index in [1.807, 2.05) is 0 Å². The number of imidazole rings is 1. The van der Waals surface area contributed by atoms with Crippen molar-refractivity contribution in [1.29, 1.82) is 0 Å². The summed E-state index contributed by atoms with van der Waals surface area (Å²) in [6, 6.07) is 0. The van der Waals surface area contributed by atoms with Gasteiger partial charge in [-0.25, -0.2) is 15.0 Å². The molecule has 0 aromatic carbocycles. The number of aromatic amines is 1. The number of aromatic nitrogens is 4. The predicted octanol–water partition coefficient (Wildman–Crippen LogP) is 0.325. The summed E-state index contributed by atoms with van der Waals surface area (Å²) in [5.41, 5.74) is 6.23. The van der Waals surface area contributed by atoms with Gasteiger partial charge >= 0.3 is 0 Å². The van der Waals surface area contributed by atoms with Crippen LogP contribution in [-0.4, -0.2) is 19.9 Å². The summed E-state index contributed by atoms with van der Waals surface area (Å²) in [6.45, 7) is 0.360. The van der Waals surface area contributed by atoms with E-state index >= 15 is 0 Å². The lowest BCUT2D eigenvalue weighted by Crippen LogP contribution is -2.02. The maximum atomic E-state index is 5.37. The molecule has 5 nitrogen and oxygen atoms in total. The standard InChI is InChI=1S/C8H9N5/c9-3-7-12-4-6(5-13-7)8-10-1-2-11-8/h1-2,4-5H,3,9H2,(H,10,11). The number of H-pyrrole nitrogens is 1. The molecule has 66 valence electrons. The van der Waals surface area contributed by atoms with E-state index in [-0.39, 0.29) is 0 Å². The van der Waals surface area contributed by atoms with Crippen LogP contribution in [0.4, 0.5) is 0 Å². The van der Waals surface area contributed by atoms with Crippen LogP contribution in [0.3, 0.4) is 0 Å². The van der Waals surface area contributed by atoms with Gasteiger partial charge in [0, 0.05) is 24.8 Å². The first-order chi connectivity index (χ1) is 6.40. The molecule has 0 aliphatic rings. The van der Waals surface area contributed by atoms with Crippen LogP contribution in [0.15, 0.2) is 24.8 Å². The van der Waals surface area contributed by atoms with E-state index in [1.54, 1.807) is 24.8 Å². The first-order valence-corrected chi connectivity index (χ1v) is 3.91. The van der Waals surface area contributed by atoms with E-state index in [0.29, 0.717) is 12.4 Å². The second-order valence-corrected chi connectivity index (χ2v) is 2.53. The molecule has 0 amide bonds. The Morgan fingerprint density at radius 2 is 2.00 bits per heavy atom. The molecule has 2 rings (SSSR count). The summed E-state index contributed by atoms with van der Waals surface area (Å²) in [5, 5.41) is 0. The topological polar surface area (TPSA) is 80.5 Å². The van der Waals surface area contributed by atoms with E-state index in [2.05, 4.69) is 19.9 Å². The normalized spacial score (nSPS) is 10.2. The molecule has 2 heterocycles. The van der Waals surface area contributed by atoms with Crippen molar-refractivity contribution in [1.82, 2.24) is 19.9 Å². The summed E-state index contributed by atoms with van der Waals surface area (Å²) < 4.78 is 0. The van der Waals surface area contributed by atoms with Gasteiger partial charge in [0.15, 0.2) is 0 Å². The SMILES string of the molecule is NCc1ncc(-c2ncc[nH]2)cn1. The second-order valence-electron chi connectivity index (χ2n) is 2.53. The van der Waals surface area contributed by atoms with Gasteiger partial charge in [0.1, 0.15) is 11.6 Å². The molecule has 0 atom stereocenters. The van der Waals surface area contributed by atoms with Crippen LogP contribution < -0.4 is 5.73 Å². The highest BCUT2D eigenvalue weighted by molar-refractivity contribution is 5.51. The summed E-state index contributed by atoms with van der Waals surface area (Å²) in [5.74, 6) is 1.40. The van der Waals surface area contributed by atoms with Crippen molar-refractivity contribution in [2.24, 2.45) is 5.73 Å². The summed E-state index contributed by atoms with van der Waals surface area (Å²) >= 11 is 0.